The Kier molecular flexibility index (Phi) is 8.07. The van der Waals surface area contributed by atoms with Crippen molar-refractivity contribution in [2.45, 2.75) is 77.4 Å². The number of ether oxygens (including phenoxy) is 1. The number of hydrogen-bond donors (Lipinski definition) is 1. The first kappa shape index (κ1) is 14.9. The molecular formula is C13H28O2. The molecule has 1 unspecified atom stereocenters. The van der Waals surface area contributed by atoms with Crippen molar-refractivity contribution in [1.29, 1.82) is 0 Å². The van der Waals surface area contributed by atoms with Crippen molar-refractivity contribution in [2.75, 3.05) is 7.11 Å². The van der Waals surface area contributed by atoms with Crippen LogP contribution in [-0.2, 0) is 4.74 Å². The summed E-state index contributed by atoms with van der Waals surface area (Å²) in [5.41, 5.74) is -0.313. The van der Waals surface area contributed by atoms with Gasteiger partial charge in [-0.2, -0.15) is 0 Å². The molecule has 2 nitrogen and oxygen atoms in total. The van der Waals surface area contributed by atoms with Gasteiger partial charge in [0.05, 0.1) is 11.7 Å². The molecule has 0 radical (unpaired) electrons. The SMILES string of the molecule is CCCCCCC(O)C(CC)(CC)OC. The molecule has 0 saturated carbocycles. The van der Waals surface area contributed by atoms with E-state index in [1.54, 1.807) is 7.11 Å². The van der Waals surface area contributed by atoms with Crippen molar-refractivity contribution in [3.8, 4) is 0 Å². The zero-order chi connectivity index (χ0) is 11.7. The number of rotatable bonds is 9. The fourth-order valence-electron chi connectivity index (χ4n) is 2.17. The van der Waals surface area contributed by atoms with E-state index in [0.717, 1.165) is 25.7 Å². The topological polar surface area (TPSA) is 29.5 Å². The molecule has 15 heavy (non-hydrogen) atoms. The summed E-state index contributed by atoms with van der Waals surface area (Å²) >= 11 is 0. The predicted molar refractivity (Wildman–Crippen MR) is 65.1 cm³/mol. The van der Waals surface area contributed by atoms with Crippen LogP contribution >= 0.6 is 0 Å². The molecule has 0 aromatic rings. The number of aliphatic hydroxyl groups is 1. The molecule has 0 fully saturated rings. The maximum atomic E-state index is 10.1. The van der Waals surface area contributed by atoms with Crippen LogP contribution in [0.4, 0.5) is 0 Å². The normalized spacial score (nSPS) is 14.2. The fourth-order valence-corrected chi connectivity index (χ4v) is 2.17. The summed E-state index contributed by atoms with van der Waals surface area (Å²) in [6, 6.07) is 0. The van der Waals surface area contributed by atoms with Crippen LogP contribution in [0.15, 0.2) is 0 Å². The molecule has 0 heterocycles. The van der Waals surface area contributed by atoms with E-state index in [2.05, 4.69) is 20.8 Å². The second-order valence-corrected chi connectivity index (χ2v) is 4.34. The molecule has 0 aromatic carbocycles. The Hall–Kier alpha value is -0.0800. The van der Waals surface area contributed by atoms with Crippen LogP contribution in [0.3, 0.4) is 0 Å². The monoisotopic (exact) mass is 216 g/mol. The zero-order valence-electron chi connectivity index (χ0n) is 10.9. The van der Waals surface area contributed by atoms with E-state index in [-0.39, 0.29) is 11.7 Å². The third-order valence-electron chi connectivity index (χ3n) is 3.54. The van der Waals surface area contributed by atoms with Crippen LogP contribution in [0.1, 0.15) is 65.7 Å². The molecule has 0 aromatic heterocycles. The lowest BCUT2D eigenvalue weighted by Crippen LogP contribution is -2.43. The van der Waals surface area contributed by atoms with Crippen molar-refractivity contribution < 1.29 is 9.84 Å². The molecule has 0 saturated heterocycles. The highest BCUT2D eigenvalue weighted by molar-refractivity contribution is 4.85. The molecule has 0 aliphatic rings. The molecule has 0 aliphatic carbocycles. The van der Waals surface area contributed by atoms with Gasteiger partial charge in [0.25, 0.3) is 0 Å². The lowest BCUT2D eigenvalue weighted by atomic mass is 9.87. The number of methoxy groups -OCH3 is 1. The van der Waals surface area contributed by atoms with Crippen LogP contribution in [0.2, 0.25) is 0 Å². The molecule has 0 spiro atoms. The third kappa shape index (κ3) is 4.52. The number of hydrogen-bond acceptors (Lipinski definition) is 2. The van der Waals surface area contributed by atoms with Gasteiger partial charge in [0.15, 0.2) is 0 Å². The van der Waals surface area contributed by atoms with Crippen molar-refractivity contribution in [3.05, 3.63) is 0 Å². The predicted octanol–water partition coefficient (Wildman–Crippen LogP) is 3.52. The van der Waals surface area contributed by atoms with E-state index >= 15 is 0 Å². The summed E-state index contributed by atoms with van der Waals surface area (Å²) in [4.78, 5) is 0. The molecule has 1 atom stereocenters. The first-order valence-electron chi connectivity index (χ1n) is 6.40. The fraction of sp³-hybridized carbons (Fsp3) is 1.00. The minimum absolute atomic E-state index is 0.311. The molecule has 1 N–H and O–H groups in total. The summed E-state index contributed by atoms with van der Waals surface area (Å²) in [6.07, 6.45) is 7.17. The molecule has 0 aliphatic heterocycles. The first-order chi connectivity index (χ1) is 7.16. The molecule has 92 valence electrons. The van der Waals surface area contributed by atoms with Crippen LogP contribution < -0.4 is 0 Å². The Morgan fingerprint density at radius 1 is 1.07 bits per heavy atom. The van der Waals surface area contributed by atoms with Gasteiger partial charge in [0.2, 0.25) is 0 Å². The molecule has 0 bridgehead atoms. The lowest BCUT2D eigenvalue weighted by Gasteiger charge is -2.35. The second kappa shape index (κ2) is 8.12. The van der Waals surface area contributed by atoms with Gasteiger partial charge in [-0.15, -0.1) is 0 Å². The Morgan fingerprint density at radius 2 is 1.67 bits per heavy atom. The molecule has 2 heteroatoms. The van der Waals surface area contributed by atoms with E-state index in [1.165, 1.54) is 19.3 Å². The van der Waals surface area contributed by atoms with Gasteiger partial charge >= 0.3 is 0 Å². The zero-order valence-corrected chi connectivity index (χ0v) is 10.9. The summed E-state index contributed by atoms with van der Waals surface area (Å²) in [6.45, 7) is 6.37. The third-order valence-corrected chi connectivity index (χ3v) is 3.54. The number of unbranched alkanes of at least 4 members (excludes halogenated alkanes) is 3. The van der Waals surface area contributed by atoms with Gasteiger partial charge in [0.1, 0.15) is 0 Å². The minimum atomic E-state index is -0.313. The first-order valence-corrected chi connectivity index (χ1v) is 6.40. The average Bonchev–Trinajstić information content (AvgIpc) is 2.28. The Labute approximate surface area is 95.0 Å². The maximum absolute atomic E-state index is 10.1. The maximum Gasteiger partial charge on any atom is 0.0931 e. The van der Waals surface area contributed by atoms with Crippen molar-refractivity contribution in [2.24, 2.45) is 0 Å². The molecular weight excluding hydrogens is 188 g/mol. The van der Waals surface area contributed by atoms with Crippen LogP contribution in [0, 0.1) is 0 Å². The van der Waals surface area contributed by atoms with Gasteiger partial charge in [0, 0.05) is 7.11 Å². The van der Waals surface area contributed by atoms with E-state index in [9.17, 15) is 5.11 Å². The highest BCUT2D eigenvalue weighted by Crippen LogP contribution is 2.27. The lowest BCUT2D eigenvalue weighted by molar-refractivity contribution is -0.110. The largest absolute Gasteiger partial charge is 0.390 e. The molecule has 0 rings (SSSR count). The molecule has 0 amide bonds. The quantitative estimate of drug-likeness (QED) is 0.597. The van der Waals surface area contributed by atoms with E-state index < -0.39 is 0 Å². The van der Waals surface area contributed by atoms with Gasteiger partial charge < -0.3 is 9.84 Å². The number of aliphatic hydroxyl groups excluding tert-OH is 1. The van der Waals surface area contributed by atoms with Crippen LogP contribution in [0.5, 0.6) is 0 Å². The van der Waals surface area contributed by atoms with Gasteiger partial charge in [-0.3, -0.25) is 0 Å². The van der Waals surface area contributed by atoms with Crippen molar-refractivity contribution >= 4 is 0 Å². The minimum Gasteiger partial charge on any atom is -0.390 e. The summed E-state index contributed by atoms with van der Waals surface area (Å²) < 4.78 is 5.51. The summed E-state index contributed by atoms with van der Waals surface area (Å²) in [7, 11) is 1.71. The Morgan fingerprint density at radius 3 is 2.07 bits per heavy atom. The van der Waals surface area contributed by atoms with Gasteiger partial charge in [-0.05, 0) is 19.3 Å². The highest BCUT2D eigenvalue weighted by atomic mass is 16.5. The van der Waals surface area contributed by atoms with E-state index in [0.29, 0.717) is 0 Å². The smallest absolute Gasteiger partial charge is 0.0931 e. The van der Waals surface area contributed by atoms with Crippen molar-refractivity contribution in [1.82, 2.24) is 0 Å². The highest BCUT2D eigenvalue weighted by Gasteiger charge is 2.33. The second-order valence-electron chi connectivity index (χ2n) is 4.34. The average molecular weight is 216 g/mol. The van der Waals surface area contributed by atoms with Crippen molar-refractivity contribution in [3.63, 3.8) is 0 Å². The van der Waals surface area contributed by atoms with Crippen LogP contribution in [0.25, 0.3) is 0 Å². The summed E-state index contributed by atoms with van der Waals surface area (Å²) in [5, 5.41) is 10.1. The van der Waals surface area contributed by atoms with Gasteiger partial charge in [-0.1, -0.05) is 46.5 Å². The summed E-state index contributed by atoms with van der Waals surface area (Å²) in [5.74, 6) is 0. The van der Waals surface area contributed by atoms with E-state index in [4.69, 9.17) is 4.74 Å². The Balaban J connectivity index is 3.97. The standard InChI is InChI=1S/C13H28O2/c1-5-8-9-10-11-12(14)13(6-2,7-3)15-4/h12,14H,5-11H2,1-4H3. The Bertz CT molecular complexity index is 133. The van der Waals surface area contributed by atoms with Crippen LogP contribution in [-0.4, -0.2) is 23.9 Å². The van der Waals surface area contributed by atoms with E-state index in [1.807, 2.05) is 0 Å². The van der Waals surface area contributed by atoms with Gasteiger partial charge in [-0.25, -0.2) is 0 Å².